The number of hydrogen-bond acceptors (Lipinski definition) is 4. The largest absolute Gasteiger partial charge is 0.338 e. The number of nitrogens with zero attached hydrogens (tertiary/aromatic N) is 3. The third kappa shape index (κ3) is 4.43. The van der Waals surface area contributed by atoms with Gasteiger partial charge in [0.25, 0.3) is 0 Å². The number of benzene rings is 2. The van der Waals surface area contributed by atoms with Gasteiger partial charge >= 0.3 is 0 Å². The van der Waals surface area contributed by atoms with Crippen LogP contribution in [0.4, 0.5) is 0 Å². The molecule has 0 N–H and O–H groups in total. The van der Waals surface area contributed by atoms with Gasteiger partial charge in [-0.2, -0.15) is 4.98 Å². The summed E-state index contributed by atoms with van der Waals surface area (Å²) in [5, 5.41) is 4.78. The van der Waals surface area contributed by atoms with Gasteiger partial charge in [0.05, 0.1) is 6.54 Å². The highest BCUT2D eigenvalue weighted by Gasteiger charge is 2.11. The molecule has 0 amide bonds. The Morgan fingerprint density at radius 3 is 2.54 bits per heavy atom. The first-order valence-electron chi connectivity index (χ1n) is 7.89. The minimum absolute atomic E-state index is 0.574. The van der Waals surface area contributed by atoms with Gasteiger partial charge in [0.2, 0.25) is 5.89 Å². The maximum absolute atomic E-state index is 6.17. The van der Waals surface area contributed by atoms with Crippen LogP contribution >= 0.6 is 11.6 Å². The Labute approximate surface area is 147 Å². The van der Waals surface area contributed by atoms with E-state index < -0.39 is 0 Å². The monoisotopic (exact) mass is 341 g/mol. The molecule has 0 atom stereocenters. The molecular weight excluding hydrogens is 322 g/mol. The molecular formula is C19H20ClN3O. The summed E-state index contributed by atoms with van der Waals surface area (Å²) in [5.41, 5.74) is 3.53. The molecule has 1 aromatic heterocycles. The molecule has 3 rings (SSSR count). The fraction of sp³-hybridized carbons (Fsp3) is 0.263. The number of aryl methyl sites for hydroxylation is 1. The quantitative estimate of drug-likeness (QED) is 0.672. The van der Waals surface area contributed by atoms with E-state index in [2.05, 4.69) is 46.2 Å². The van der Waals surface area contributed by atoms with Gasteiger partial charge in [-0.05, 0) is 31.2 Å². The van der Waals surface area contributed by atoms with Crippen molar-refractivity contribution in [1.29, 1.82) is 0 Å². The van der Waals surface area contributed by atoms with Crippen LogP contribution in [0.5, 0.6) is 0 Å². The molecule has 0 aliphatic rings. The zero-order chi connectivity index (χ0) is 16.9. The Kier molecular flexibility index (Phi) is 5.28. The van der Waals surface area contributed by atoms with Crippen LogP contribution in [0.1, 0.15) is 28.4 Å². The SMILES string of the molecule is Cc1ccc(CN(C)Cc2nc(Cc3ccccc3Cl)no2)cc1. The van der Waals surface area contributed by atoms with Crippen LogP contribution in [0, 0.1) is 6.92 Å². The van der Waals surface area contributed by atoms with Crippen LogP contribution < -0.4 is 0 Å². The van der Waals surface area contributed by atoms with Gasteiger partial charge in [0.15, 0.2) is 5.82 Å². The van der Waals surface area contributed by atoms with Crippen molar-refractivity contribution in [2.45, 2.75) is 26.4 Å². The molecule has 3 aromatic rings. The van der Waals surface area contributed by atoms with Gasteiger partial charge in [-0.3, -0.25) is 4.90 Å². The Bertz CT molecular complexity index is 798. The molecule has 0 radical (unpaired) electrons. The maximum atomic E-state index is 6.17. The lowest BCUT2D eigenvalue weighted by Crippen LogP contribution is -2.17. The van der Waals surface area contributed by atoms with Crippen LogP contribution in [0.25, 0.3) is 0 Å². The molecule has 0 spiro atoms. The summed E-state index contributed by atoms with van der Waals surface area (Å²) in [6.45, 7) is 3.54. The predicted octanol–water partition coefficient (Wildman–Crippen LogP) is 4.25. The molecule has 0 fully saturated rings. The maximum Gasteiger partial charge on any atom is 0.240 e. The van der Waals surface area contributed by atoms with Crippen molar-refractivity contribution in [3.8, 4) is 0 Å². The topological polar surface area (TPSA) is 42.2 Å². The predicted molar refractivity (Wildman–Crippen MR) is 94.9 cm³/mol. The van der Waals surface area contributed by atoms with E-state index in [1.807, 2.05) is 31.3 Å². The molecule has 0 saturated heterocycles. The fourth-order valence-corrected chi connectivity index (χ4v) is 2.73. The smallest absolute Gasteiger partial charge is 0.240 e. The Morgan fingerprint density at radius 1 is 1.04 bits per heavy atom. The van der Waals surface area contributed by atoms with Crippen molar-refractivity contribution < 1.29 is 4.52 Å². The highest BCUT2D eigenvalue weighted by atomic mass is 35.5. The molecule has 5 heteroatoms. The molecule has 1 heterocycles. The number of halogens is 1. The Hall–Kier alpha value is -2.17. The lowest BCUT2D eigenvalue weighted by atomic mass is 10.1. The van der Waals surface area contributed by atoms with Crippen LogP contribution in [0.2, 0.25) is 5.02 Å². The van der Waals surface area contributed by atoms with E-state index in [0.717, 1.165) is 17.1 Å². The number of rotatable bonds is 6. The van der Waals surface area contributed by atoms with Crippen molar-refractivity contribution in [1.82, 2.24) is 15.0 Å². The second-order valence-electron chi connectivity index (χ2n) is 6.03. The summed E-state index contributed by atoms with van der Waals surface area (Å²) in [6.07, 6.45) is 0.574. The minimum atomic E-state index is 0.574. The Morgan fingerprint density at radius 2 is 1.79 bits per heavy atom. The van der Waals surface area contributed by atoms with Gasteiger partial charge in [-0.1, -0.05) is 64.8 Å². The van der Waals surface area contributed by atoms with Crippen molar-refractivity contribution in [3.05, 3.63) is 82.0 Å². The molecule has 0 saturated carbocycles. The van der Waals surface area contributed by atoms with Crippen LogP contribution in [-0.2, 0) is 19.5 Å². The van der Waals surface area contributed by atoms with Crippen molar-refractivity contribution in [2.24, 2.45) is 0 Å². The van der Waals surface area contributed by atoms with Crippen molar-refractivity contribution in [2.75, 3.05) is 7.05 Å². The average molecular weight is 342 g/mol. The average Bonchev–Trinajstić information content (AvgIpc) is 2.99. The van der Waals surface area contributed by atoms with Gasteiger partial charge in [-0.15, -0.1) is 0 Å². The van der Waals surface area contributed by atoms with E-state index in [-0.39, 0.29) is 0 Å². The van der Waals surface area contributed by atoms with E-state index >= 15 is 0 Å². The highest BCUT2D eigenvalue weighted by molar-refractivity contribution is 6.31. The van der Waals surface area contributed by atoms with Gasteiger partial charge in [-0.25, -0.2) is 0 Å². The molecule has 0 unspecified atom stereocenters. The number of hydrogen-bond donors (Lipinski definition) is 0. The third-order valence-corrected chi connectivity index (χ3v) is 4.16. The van der Waals surface area contributed by atoms with E-state index in [9.17, 15) is 0 Å². The highest BCUT2D eigenvalue weighted by Crippen LogP contribution is 2.18. The van der Waals surface area contributed by atoms with Crippen LogP contribution in [0.3, 0.4) is 0 Å². The molecule has 0 bridgehead atoms. The Balaban J connectivity index is 1.59. The molecule has 0 aliphatic carbocycles. The van der Waals surface area contributed by atoms with E-state index in [1.54, 1.807) is 0 Å². The first-order valence-corrected chi connectivity index (χ1v) is 8.27. The summed E-state index contributed by atoms with van der Waals surface area (Å²) < 4.78 is 5.36. The first kappa shape index (κ1) is 16.7. The molecule has 2 aromatic carbocycles. The summed E-state index contributed by atoms with van der Waals surface area (Å²) in [6, 6.07) is 16.2. The molecule has 124 valence electrons. The number of aromatic nitrogens is 2. The van der Waals surface area contributed by atoms with Crippen LogP contribution in [0.15, 0.2) is 53.1 Å². The first-order chi connectivity index (χ1) is 11.6. The second kappa shape index (κ2) is 7.60. The summed E-state index contributed by atoms with van der Waals surface area (Å²) in [7, 11) is 2.04. The lowest BCUT2D eigenvalue weighted by molar-refractivity contribution is 0.260. The van der Waals surface area contributed by atoms with E-state index in [1.165, 1.54) is 11.1 Å². The normalized spacial score (nSPS) is 11.2. The summed E-state index contributed by atoms with van der Waals surface area (Å²) >= 11 is 6.17. The van der Waals surface area contributed by atoms with Crippen molar-refractivity contribution in [3.63, 3.8) is 0 Å². The lowest BCUT2D eigenvalue weighted by Gasteiger charge is -2.14. The fourth-order valence-electron chi connectivity index (χ4n) is 2.53. The second-order valence-corrected chi connectivity index (χ2v) is 6.44. The summed E-state index contributed by atoms with van der Waals surface area (Å²) in [5.74, 6) is 1.27. The molecule has 4 nitrogen and oxygen atoms in total. The third-order valence-electron chi connectivity index (χ3n) is 3.79. The zero-order valence-corrected chi connectivity index (χ0v) is 14.6. The molecule has 24 heavy (non-hydrogen) atoms. The van der Waals surface area contributed by atoms with E-state index in [0.29, 0.717) is 24.7 Å². The van der Waals surface area contributed by atoms with Gasteiger partial charge < -0.3 is 4.52 Å². The van der Waals surface area contributed by atoms with Gasteiger partial charge in [0, 0.05) is 18.0 Å². The summed E-state index contributed by atoms with van der Waals surface area (Å²) in [4.78, 5) is 6.61. The molecule has 0 aliphatic heterocycles. The van der Waals surface area contributed by atoms with Gasteiger partial charge in [0.1, 0.15) is 0 Å². The zero-order valence-electron chi connectivity index (χ0n) is 13.9. The standard InChI is InChI=1S/C19H20ClN3O/c1-14-7-9-15(10-8-14)12-23(2)13-19-21-18(22-24-19)11-16-5-3-4-6-17(16)20/h3-10H,11-13H2,1-2H3. The van der Waals surface area contributed by atoms with E-state index in [4.69, 9.17) is 16.1 Å². The van der Waals surface area contributed by atoms with Crippen molar-refractivity contribution >= 4 is 11.6 Å². The van der Waals surface area contributed by atoms with Crippen LogP contribution in [-0.4, -0.2) is 22.1 Å². The minimum Gasteiger partial charge on any atom is -0.338 e.